The number of carbonyl (C=O) groups is 6. The second kappa shape index (κ2) is 17.2. The quantitative estimate of drug-likeness (QED) is 0.0940. The molecule has 0 aromatic carbocycles. The van der Waals surface area contributed by atoms with Gasteiger partial charge in [-0.15, -0.1) is 0 Å². The fraction of sp³-hybridized carbons (Fsp3) is 0.727. The third-order valence-corrected chi connectivity index (χ3v) is 5.19. The molecule has 0 radical (unpaired) electrons. The van der Waals surface area contributed by atoms with Gasteiger partial charge in [-0.1, -0.05) is 13.8 Å². The maximum Gasteiger partial charge on any atom is 0.326 e. The van der Waals surface area contributed by atoms with E-state index >= 15 is 0 Å². The first-order valence-corrected chi connectivity index (χ1v) is 11.8. The van der Waals surface area contributed by atoms with Crippen molar-refractivity contribution >= 4 is 35.6 Å². The molecule has 0 heterocycles. The summed E-state index contributed by atoms with van der Waals surface area (Å²) in [5.74, 6) is -6.16. The van der Waals surface area contributed by atoms with Crippen molar-refractivity contribution in [2.45, 2.75) is 89.4 Å². The number of hydrogen-bond donors (Lipinski definition) is 8. The maximum atomic E-state index is 12.9. The van der Waals surface area contributed by atoms with Crippen molar-refractivity contribution in [3.63, 3.8) is 0 Å². The predicted octanol–water partition coefficient (Wildman–Crippen LogP) is -1.24. The molecule has 4 atom stereocenters. The van der Waals surface area contributed by atoms with Crippen LogP contribution in [0.3, 0.4) is 0 Å². The number of amides is 3. The van der Waals surface area contributed by atoms with Gasteiger partial charge in [-0.2, -0.15) is 0 Å². The Morgan fingerprint density at radius 1 is 0.694 bits per heavy atom. The molecular weight excluding hydrogens is 478 g/mol. The van der Waals surface area contributed by atoms with Crippen LogP contribution in [0, 0.1) is 5.92 Å². The van der Waals surface area contributed by atoms with Crippen LogP contribution < -0.4 is 27.4 Å². The number of rotatable bonds is 19. The molecule has 0 unspecified atom stereocenters. The normalized spacial score (nSPS) is 14.2. The van der Waals surface area contributed by atoms with Crippen LogP contribution in [0.1, 0.15) is 65.2 Å². The first-order chi connectivity index (χ1) is 16.8. The van der Waals surface area contributed by atoms with E-state index in [2.05, 4.69) is 16.0 Å². The van der Waals surface area contributed by atoms with Crippen molar-refractivity contribution in [3.8, 4) is 0 Å². The van der Waals surface area contributed by atoms with Gasteiger partial charge in [-0.05, 0) is 51.0 Å². The third kappa shape index (κ3) is 14.2. The van der Waals surface area contributed by atoms with E-state index in [1.807, 2.05) is 0 Å². The number of aliphatic carboxylic acids is 3. The van der Waals surface area contributed by atoms with Gasteiger partial charge in [-0.25, -0.2) is 4.79 Å². The molecule has 0 spiro atoms. The largest absolute Gasteiger partial charge is 0.481 e. The predicted molar refractivity (Wildman–Crippen MR) is 128 cm³/mol. The van der Waals surface area contributed by atoms with E-state index < -0.39 is 66.2 Å². The fourth-order valence-electron chi connectivity index (χ4n) is 3.22. The summed E-state index contributed by atoms with van der Waals surface area (Å²) >= 11 is 0. The van der Waals surface area contributed by atoms with Gasteiger partial charge in [-0.3, -0.25) is 24.0 Å². The Labute approximate surface area is 209 Å². The van der Waals surface area contributed by atoms with Crippen LogP contribution in [0.2, 0.25) is 0 Å². The van der Waals surface area contributed by atoms with Crippen molar-refractivity contribution in [3.05, 3.63) is 0 Å². The molecule has 14 heteroatoms. The van der Waals surface area contributed by atoms with Gasteiger partial charge in [0.1, 0.15) is 18.1 Å². The second-order valence-electron chi connectivity index (χ2n) is 8.91. The Morgan fingerprint density at radius 3 is 1.69 bits per heavy atom. The van der Waals surface area contributed by atoms with Gasteiger partial charge in [0.15, 0.2) is 0 Å². The molecule has 3 amide bonds. The average Bonchev–Trinajstić information content (AvgIpc) is 2.78. The van der Waals surface area contributed by atoms with Crippen LogP contribution in [0.25, 0.3) is 0 Å². The number of nitrogens with two attached hydrogens (primary N) is 2. The summed E-state index contributed by atoms with van der Waals surface area (Å²) in [5.41, 5.74) is 11.1. The van der Waals surface area contributed by atoms with Crippen molar-refractivity contribution in [1.29, 1.82) is 0 Å². The van der Waals surface area contributed by atoms with Crippen LogP contribution in [0.15, 0.2) is 0 Å². The monoisotopic (exact) mass is 517 g/mol. The Hall–Kier alpha value is -3.26. The zero-order valence-corrected chi connectivity index (χ0v) is 20.7. The molecular formula is C22H39N5O9. The Bertz CT molecular complexity index is 775. The average molecular weight is 518 g/mol. The zero-order valence-electron chi connectivity index (χ0n) is 20.7. The number of carboxylic acids is 3. The van der Waals surface area contributed by atoms with E-state index in [-0.39, 0.29) is 38.0 Å². The highest BCUT2D eigenvalue weighted by molar-refractivity contribution is 5.94. The molecule has 0 aliphatic rings. The highest BCUT2D eigenvalue weighted by Crippen LogP contribution is 2.09. The summed E-state index contributed by atoms with van der Waals surface area (Å²) in [6.45, 7) is 3.94. The Kier molecular flexibility index (Phi) is 15.7. The smallest absolute Gasteiger partial charge is 0.326 e. The third-order valence-electron chi connectivity index (χ3n) is 5.19. The van der Waals surface area contributed by atoms with E-state index in [4.69, 9.17) is 21.7 Å². The minimum Gasteiger partial charge on any atom is -0.481 e. The lowest BCUT2D eigenvalue weighted by Crippen LogP contribution is -2.57. The Balaban J connectivity index is 5.51. The minimum atomic E-state index is -1.37. The van der Waals surface area contributed by atoms with Crippen molar-refractivity contribution in [1.82, 2.24) is 16.0 Å². The van der Waals surface area contributed by atoms with Gasteiger partial charge in [0.2, 0.25) is 17.7 Å². The molecule has 0 fully saturated rings. The second-order valence-corrected chi connectivity index (χ2v) is 8.91. The first-order valence-electron chi connectivity index (χ1n) is 11.8. The van der Waals surface area contributed by atoms with Crippen LogP contribution in [-0.4, -0.2) is 81.7 Å². The SMILES string of the molecule is CC(C)C[C@H](NC(=O)[C@H](CCC(=O)O)NC(=O)[C@@H](N)CCC(=O)O)C(=O)N[C@@H](CCCCN)C(=O)O. The molecule has 0 saturated heterocycles. The molecule has 206 valence electrons. The molecule has 0 aromatic heterocycles. The summed E-state index contributed by atoms with van der Waals surface area (Å²) in [5, 5.41) is 34.4. The van der Waals surface area contributed by atoms with E-state index in [0.717, 1.165) is 0 Å². The lowest BCUT2D eigenvalue weighted by molar-refractivity contribution is -0.142. The van der Waals surface area contributed by atoms with E-state index in [9.17, 15) is 33.9 Å². The van der Waals surface area contributed by atoms with Crippen molar-refractivity contribution in [2.24, 2.45) is 17.4 Å². The summed E-state index contributed by atoms with van der Waals surface area (Å²) in [6, 6.07) is -4.96. The van der Waals surface area contributed by atoms with E-state index in [1.165, 1.54) is 0 Å². The highest BCUT2D eigenvalue weighted by Gasteiger charge is 2.31. The molecule has 10 N–H and O–H groups in total. The van der Waals surface area contributed by atoms with Crippen molar-refractivity contribution in [2.75, 3.05) is 6.54 Å². The summed E-state index contributed by atoms with van der Waals surface area (Å²) in [7, 11) is 0. The maximum absolute atomic E-state index is 12.9. The Morgan fingerprint density at radius 2 is 1.19 bits per heavy atom. The zero-order chi connectivity index (χ0) is 27.8. The topological polar surface area (TPSA) is 251 Å². The van der Waals surface area contributed by atoms with Crippen LogP contribution >= 0.6 is 0 Å². The molecule has 36 heavy (non-hydrogen) atoms. The van der Waals surface area contributed by atoms with Gasteiger partial charge in [0, 0.05) is 12.8 Å². The van der Waals surface area contributed by atoms with Gasteiger partial charge >= 0.3 is 17.9 Å². The number of carboxylic acid groups (broad SMARTS) is 3. The number of hydrogen-bond acceptors (Lipinski definition) is 8. The van der Waals surface area contributed by atoms with Crippen LogP contribution in [0.4, 0.5) is 0 Å². The lowest BCUT2D eigenvalue weighted by Gasteiger charge is -2.26. The minimum absolute atomic E-state index is 0.0851. The van der Waals surface area contributed by atoms with Crippen LogP contribution in [-0.2, 0) is 28.8 Å². The molecule has 0 aliphatic carbocycles. The number of carbonyl (C=O) groups excluding carboxylic acids is 3. The number of nitrogens with one attached hydrogen (secondary N) is 3. The fourth-order valence-corrected chi connectivity index (χ4v) is 3.22. The molecule has 0 aromatic rings. The first kappa shape index (κ1) is 32.7. The summed E-state index contributed by atoms with van der Waals surface area (Å²) in [6.07, 6.45) is -0.0411. The van der Waals surface area contributed by atoms with Crippen LogP contribution in [0.5, 0.6) is 0 Å². The highest BCUT2D eigenvalue weighted by atomic mass is 16.4. The summed E-state index contributed by atoms with van der Waals surface area (Å²) < 4.78 is 0. The molecule has 0 bridgehead atoms. The molecule has 0 rings (SSSR count). The summed E-state index contributed by atoms with van der Waals surface area (Å²) in [4.78, 5) is 71.4. The van der Waals surface area contributed by atoms with Gasteiger partial charge in [0.05, 0.1) is 6.04 Å². The van der Waals surface area contributed by atoms with Crippen molar-refractivity contribution < 1.29 is 44.1 Å². The molecule has 0 aliphatic heterocycles. The molecule has 14 nitrogen and oxygen atoms in total. The standard InChI is InChI=1S/C22H39N5O9/c1-12(2)11-16(21(34)26-15(22(35)36)5-3-4-10-23)27-20(33)14(7-9-18(30)31)25-19(32)13(24)6-8-17(28)29/h12-16H,3-11,23-24H2,1-2H3,(H,25,32)(H,26,34)(H,27,33)(H,28,29)(H,30,31)(H,35,36)/t13-,14-,15-,16-/m0/s1. The lowest BCUT2D eigenvalue weighted by atomic mass is 10.0. The van der Waals surface area contributed by atoms with Gasteiger partial charge < -0.3 is 42.7 Å². The van der Waals surface area contributed by atoms with Gasteiger partial charge in [0.25, 0.3) is 0 Å². The number of unbranched alkanes of at least 4 members (excludes halogenated alkanes) is 1. The molecule has 0 saturated carbocycles. The van der Waals surface area contributed by atoms with E-state index in [0.29, 0.717) is 19.4 Å². The van der Waals surface area contributed by atoms with E-state index in [1.54, 1.807) is 13.8 Å².